The van der Waals surface area contributed by atoms with Crippen LogP contribution in [0.5, 0.6) is 0 Å². The normalized spacial score (nSPS) is 17.8. The number of rotatable bonds is 6. The van der Waals surface area contributed by atoms with Gasteiger partial charge in [-0.05, 0) is 62.5 Å². The maximum absolute atomic E-state index is 3.59. The van der Waals surface area contributed by atoms with Crippen molar-refractivity contribution >= 4 is 15.9 Å². The van der Waals surface area contributed by atoms with Crippen LogP contribution < -0.4 is 5.32 Å². The lowest BCUT2D eigenvalue weighted by Crippen LogP contribution is -2.31. The van der Waals surface area contributed by atoms with E-state index < -0.39 is 0 Å². The molecule has 3 heteroatoms. The molecule has 1 aromatic rings. The van der Waals surface area contributed by atoms with Gasteiger partial charge >= 0.3 is 0 Å². The van der Waals surface area contributed by atoms with E-state index in [2.05, 4.69) is 58.2 Å². The van der Waals surface area contributed by atoms with Gasteiger partial charge in [0.15, 0.2) is 0 Å². The summed E-state index contributed by atoms with van der Waals surface area (Å²) in [5.74, 6) is 0.729. The third-order valence-electron chi connectivity index (χ3n) is 3.83. The van der Waals surface area contributed by atoms with Crippen LogP contribution in [0.15, 0.2) is 22.7 Å². The van der Waals surface area contributed by atoms with E-state index in [1.165, 1.54) is 48.1 Å². The SMILES string of the molecule is Cc1ccc(CNCC(C)CN2CCCC2)cc1Br. The predicted octanol–water partition coefficient (Wildman–Crippen LogP) is 3.58. The van der Waals surface area contributed by atoms with Crippen molar-refractivity contribution in [3.05, 3.63) is 33.8 Å². The summed E-state index contributed by atoms with van der Waals surface area (Å²) < 4.78 is 1.21. The van der Waals surface area contributed by atoms with Gasteiger partial charge in [0.25, 0.3) is 0 Å². The van der Waals surface area contributed by atoms with E-state index in [-0.39, 0.29) is 0 Å². The van der Waals surface area contributed by atoms with Crippen molar-refractivity contribution in [2.45, 2.75) is 33.2 Å². The minimum Gasteiger partial charge on any atom is -0.312 e. The zero-order valence-corrected chi connectivity index (χ0v) is 13.7. The van der Waals surface area contributed by atoms with Crippen molar-refractivity contribution in [1.29, 1.82) is 0 Å². The van der Waals surface area contributed by atoms with Gasteiger partial charge in [-0.15, -0.1) is 0 Å². The highest BCUT2D eigenvalue weighted by molar-refractivity contribution is 9.10. The topological polar surface area (TPSA) is 15.3 Å². The molecule has 1 heterocycles. The van der Waals surface area contributed by atoms with Crippen LogP contribution in [-0.4, -0.2) is 31.1 Å². The van der Waals surface area contributed by atoms with Crippen LogP contribution in [-0.2, 0) is 6.54 Å². The smallest absolute Gasteiger partial charge is 0.0207 e. The Morgan fingerprint density at radius 3 is 2.74 bits per heavy atom. The van der Waals surface area contributed by atoms with Gasteiger partial charge in [-0.3, -0.25) is 0 Å². The van der Waals surface area contributed by atoms with Crippen molar-refractivity contribution in [3.8, 4) is 0 Å². The molecule has 0 saturated carbocycles. The fourth-order valence-corrected chi connectivity index (χ4v) is 3.11. The molecule has 1 unspecified atom stereocenters. The lowest BCUT2D eigenvalue weighted by Gasteiger charge is -2.20. The van der Waals surface area contributed by atoms with Crippen molar-refractivity contribution in [1.82, 2.24) is 10.2 Å². The van der Waals surface area contributed by atoms with Gasteiger partial charge in [0.1, 0.15) is 0 Å². The molecule has 1 fully saturated rings. The van der Waals surface area contributed by atoms with Gasteiger partial charge in [0, 0.05) is 17.6 Å². The molecule has 0 radical (unpaired) electrons. The summed E-state index contributed by atoms with van der Waals surface area (Å²) in [4.78, 5) is 2.59. The molecule has 0 amide bonds. The second-order valence-corrected chi connectivity index (χ2v) is 6.68. The van der Waals surface area contributed by atoms with E-state index in [9.17, 15) is 0 Å². The lowest BCUT2D eigenvalue weighted by molar-refractivity contribution is 0.282. The zero-order valence-electron chi connectivity index (χ0n) is 12.1. The maximum Gasteiger partial charge on any atom is 0.0207 e. The molecule has 2 rings (SSSR count). The van der Waals surface area contributed by atoms with E-state index in [0.29, 0.717) is 0 Å². The molecule has 1 atom stereocenters. The molecule has 106 valence electrons. The van der Waals surface area contributed by atoms with Crippen molar-refractivity contribution in [2.75, 3.05) is 26.2 Å². The molecule has 1 N–H and O–H groups in total. The number of nitrogens with one attached hydrogen (secondary N) is 1. The Morgan fingerprint density at radius 1 is 1.32 bits per heavy atom. The Hall–Kier alpha value is -0.380. The number of likely N-dealkylation sites (tertiary alicyclic amines) is 1. The van der Waals surface area contributed by atoms with Crippen LogP contribution in [0.25, 0.3) is 0 Å². The number of benzene rings is 1. The van der Waals surface area contributed by atoms with Crippen molar-refractivity contribution < 1.29 is 0 Å². The summed E-state index contributed by atoms with van der Waals surface area (Å²) in [5.41, 5.74) is 2.65. The van der Waals surface area contributed by atoms with E-state index in [0.717, 1.165) is 19.0 Å². The largest absolute Gasteiger partial charge is 0.312 e. The summed E-state index contributed by atoms with van der Waals surface area (Å²) >= 11 is 3.59. The Bertz CT molecular complexity index is 400. The minimum atomic E-state index is 0.729. The second-order valence-electron chi connectivity index (χ2n) is 5.83. The molecule has 1 saturated heterocycles. The van der Waals surface area contributed by atoms with Crippen LogP contribution >= 0.6 is 15.9 Å². The molecule has 0 aliphatic carbocycles. The standard InChI is InChI=1S/C16H25BrN2/c1-13(12-19-7-3-4-8-19)10-18-11-15-6-5-14(2)16(17)9-15/h5-6,9,13,18H,3-4,7-8,10-12H2,1-2H3. The number of hydrogen-bond acceptors (Lipinski definition) is 2. The maximum atomic E-state index is 3.59. The zero-order chi connectivity index (χ0) is 13.7. The van der Waals surface area contributed by atoms with Gasteiger partial charge in [0.05, 0.1) is 0 Å². The minimum absolute atomic E-state index is 0.729. The number of aryl methyl sites for hydroxylation is 1. The summed E-state index contributed by atoms with van der Waals surface area (Å²) in [6.45, 7) is 10.4. The monoisotopic (exact) mass is 324 g/mol. The third kappa shape index (κ3) is 4.90. The van der Waals surface area contributed by atoms with Crippen molar-refractivity contribution in [3.63, 3.8) is 0 Å². The summed E-state index contributed by atoms with van der Waals surface area (Å²) in [6, 6.07) is 6.60. The Labute approximate surface area is 125 Å². The molecule has 0 bridgehead atoms. The molecular weight excluding hydrogens is 300 g/mol. The molecule has 0 spiro atoms. The summed E-state index contributed by atoms with van der Waals surface area (Å²) in [7, 11) is 0. The van der Waals surface area contributed by atoms with Crippen molar-refractivity contribution in [2.24, 2.45) is 5.92 Å². The highest BCUT2D eigenvalue weighted by Crippen LogP contribution is 2.17. The van der Waals surface area contributed by atoms with Crippen LogP contribution in [0.3, 0.4) is 0 Å². The lowest BCUT2D eigenvalue weighted by atomic mass is 10.1. The summed E-state index contributed by atoms with van der Waals surface area (Å²) in [6.07, 6.45) is 2.77. The van der Waals surface area contributed by atoms with Gasteiger partial charge in [0.2, 0.25) is 0 Å². The van der Waals surface area contributed by atoms with E-state index in [1.807, 2.05) is 0 Å². The number of nitrogens with zero attached hydrogens (tertiary/aromatic N) is 1. The van der Waals surface area contributed by atoms with Crippen LogP contribution in [0.1, 0.15) is 30.9 Å². The van der Waals surface area contributed by atoms with E-state index in [4.69, 9.17) is 0 Å². The van der Waals surface area contributed by atoms with Gasteiger partial charge < -0.3 is 10.2 Å². The molecule has 1 aliphatic heterocycles. The highest BCUT2D eigenvalue weighted by Gasteiger charge is 2.14. The first-order chi connectivity index (χ1) is 9.15. The van der Waals surface area contributed by atoms with Gasteiger partial charge in [-0.25, -0.2) is 0 Å². The Balaban J connectivity index is 1.68. The first-order valence-electron chi connectivity index (χ1n) is 7.33. The van der Waals surface area contributed by atoms with Crippen LogP contribution in [0, 0.1) is 12.8 Å². The quantitative estimate of drug-likeness (QED) is 0.860. The van der Waals surface area contributed by atoms with Crippen LogP contribution in [0.4, 0.5) is 0 Å². The molecule has 19 heavy (non-hydrogen) atoms. The molecule has 2 nitrogen and oxygen atoms in total. The van der Waals surface area contributed by atoms with Crippen LogP contribution in [0.2, 0.25) is 0 Å². The first-order valence-corrected chi connectivity index (χ1v) is 8.12. The second kappa shape index (κ2) is 7.41. The van der Waals surface area contributed by atoms with E-state index in [1.54, 1.807) is 0 Å². The Morgan fingerprint density at radius 2 is 2.05 bits per heavy atom. The fourth-order valence-electron chi connectivity index (χ4n) is 2.68. The average molecular weight is 325 g/mol. The predicted molar refractivity (Wildman–Crippen MR) is 85.4 cm³/mol. The fraction of sp³-hybridized carbons (Fsp3) is 0.625. The molecule has 1 aliphatic rings. The number of halogens is 1. The third-order valence-corrected chi connectivity index (χ3v) is 4.68. The number of hydrogen-bond donors (Lipinski definition) is 1. The molecular formula is C16H25BrN2. The highest BCUT2D eigenvalue weighted by atomic mass is 79.9. The van der Waals surface area contributed by atoms with Gasteiger partial charge in [-0.1, -0.05) is 35.0 Å². The summed E-state index contributed by atoms with van der Waals surface area (Å²) in [5, 5.41) is 3.57. The molecule has 1 aromatic carbocycles. The van der Waals surface area contributed by atoms with Gasteiger partial charge in [-0.2, -0.15) is 0 Å². The van der Waals surface area contributed by atoms with E-state index >= 15 is 0 Å². The first kappa shape index (κ1) is 15.0. The Kier molecular flexibility index (Phi) is 5.86. The molecule has 0 aromatic heterocycles. The average Bonchev–Trinajstić information content (AvgIpc) is 2.86.